The normalized spacial score (nSPS) is 10.5. The molecule has 3 nitrogen and oxygen atoms in total. The van der Waals surface area contributed by atoms with E-state index in [1.807, 2.05) is 24.3 Å². The average molecular weight is 302 g/mol. The monoisotopic (exact) mass is 301 g/mol. The van der Waals surface area contributed by atoms with Crippen LogP contribution in [0.5, 0.6) is 5.75 Å². The van der Waals surface area contributed by atoms with Crippen LogP contribution >= 0.6 is 15.9 Å². The van der Waals surface area contributed by atoms with E-state index in [9.17, 15) is 0 Å². The summed E-state index contributed by atoms with van der Waals surface area (Å²) in [5.41, 5.74) is 0. The number of ether oxygens (including phenoxy) is 1. The number of benzene rings is 1. The molecule has 0 saturated carbocycles. The van der Waals surface area contributed by atoms with E-state index in [0.29, 0.717) is 13.2 Å². The van der Waals surface area contributed by atoms with Gasteiger partial charge in [0, 0.05) is 17.6 Å². The molecule has 96 valence electrons. The fourth-order valence-electron chi connectivity index (χ4n) is 1.46. The van der Waals surface area contributed by atoms with Gasteiger partial charge in [-0.15, -0.1) is 0 Å². The number of halogens is 1. The van der Waals surface area contributed by atoms with Gasteiger partial charge < -0.3 is 15.2 Å². The number of aliphatic hydroxyl groups excluding tert-OH is 1. The van der Waals surface area contributed by atoms with Gasteiger partial charge >= 0.3 is 0 Å². The van der Waals surface area contributed by atoms with Gasteiger partial charge in [0.2, 0.25) is 0 Å². The van der Waals surface area contributed by atoms with Crippen molar-refractivity contribution in [2.24, 2.45) is 0 Å². The summed E-state index contributed by atoms with van der Waals surface area (Å²) in [6.07, 6.45) is 3.09. The van der Waals surface area contributed by atoms with E-state index in [2.05, 4.69) is 21.2 Å². The van der Waals surface area contributed by atoms with Gasteiger partial charge in [-0.1, -0.05) is 22.0 Å². The topological polar surface area (TPSA) is 41.5 Å². The number of unbranched alkanes of at least 4 members (excludes halogenated alkanes) is 2. The lowest BCUT2D eigenvalue weighted by molar-refractivity contribution is 0.281. The summed E-state index contributed by atoms with van der Waals surface area (Å²) in [5, 5.41) is 11.9. The zero-order chi connectivity index (χ0) is 12.3. The average Bonchev–Trinajstić information content (AvgIpc) is 2.33. The standard InChI is InChI=1S/C13H20BrNO2/c14-12-5-4-6-13(11-12)17-10-8-15-7-2-1-3-9-16/h4-6,11,15-16H,1-3,7-10H2. The Balaban J connectivity index is 1.97. The summed E-state index contributed by atoms with van der Waals surface area (Å²) < 4.78 is 6.62. The zero-order valence-corrected chi connectivity index (χ0v) is 11.6. The maximum Gasteiger partial charge on any atom is 0.120 e. The van der Waals surface area contributed by atoms with Crippen molar-refractivity contribution in [3.63, 3.8) is 0 Å². The van der Waals surface area contributed by atoms with Crippen LogP contribution in [0.25, 0.3) is 0 Å². The lowest BCUT2D eigenvalue weighted by Gasteiger charge is -2.07. The molecule has 0 fully saturated rings. The Morgan fingerprint density at radius 2 is 2.06 bits per heavy atom. The third kappa shape index (κ3) is 7.36. The molecule has 1 aromatic carbocycles. The summed E-state index contributed by atoms with van der Waals surface area (Å²) >= 11 is 3.40. The van der Waals surface area contributed by atoms with E-state index in [0.717, 1.165) is 42.6 Å². The molecule has 0 aliphatic carbocycles. The van der Waals surface area contributed by atoms with Crippen LogP contribution in [0, 0.1) is 0 Å². The van der Waals surface area contributed by atoms with Crippen LogP contribution < -0.4 is 10.1 Å². The predicted molar refractivity (Wildman–Crippen MR) is 73.4 cm³/mol. The highest BCUT2D eigenvalue weighted by atomic mass is 79.9. The highest BCUT2D eigenvalue weighted by molar-refractivity contribution is 9.10. The lowest BCUT2D eigenvalue weighted by Crippen LogP contribution is -2.22. The molecular formula is C13H20BrNO2. The molecule has 4 heteroatoms. The molecule has 0 heterocycles. The quantitative estimate of drug-likeness (QED) is 0.689. The van der Waals surface area contributed by atoms with Crippen LogP contribution in [0.4, 0.5) is 0 Å². The summed E-state index contributed by atoms with van der Waals surface area (Å²) in [4.78, 5) is 0. The first-order valence-electron chi connectivity index (χ1n) is 6.03. The van der Waals surface area contributed by atoms with Crippen molar-refractivity contribution in [3.8, 4) is 5.75 Å². The minimum absolute atomic E-state index is 0.298. The van der Waals surface area contributed by atoms with E-state index in [4.69, 9.17) is 9.84 Å². The second-order valence-electron chi connectivity index (χ2n) is 3.84. The fraction of sp³-hybridized carbons (Fsp3) is 0.538. The molecule has 2 N–H and O–H groups in total. The first-order chi connectivity index (χ1) is 8.33. The van der Waals surface area contributed by atoms with Crippen LogP contribution in [0.1, 0.15) is 19.3 Å². The summed E-state index contributed by atoms with van der Waals surface area (Å²) in [6, 6.07) is 7.85. The molecule has 0 bridgehead atoms. The van der Waals surface area contributed by atoms with Gasteiger partial charge in [0.25, 0.3) is 0 Å². The maximum absolute atomic E-state index is 8.61. The molecule has 0 spiro atoms. The summed E-state index contributed by atoms with van der Waals surface area (Å²) in [6.45, 7) is 2.82. The second kappa shape index (κ2) is 9.45. The van der Waals surface area contributed by atoms with Gasteiger partial charge in [0.05, 0.1) is 0 Å². The molecule has 1 rings (SSSR count). The number of aliphatic hydroxyl groups is 1. The van der Waals surface area contributed by atoms with Crippen molar-refractivity contribution in [2.75, 3.05) is 26.3 Å². The molecule has 0 aromatic heterocycles. The van der Waals surface area contributed by atoms with E-state index in [-0.39, 0.29) is 0 Å². The highest BCUT2D eigenvalue weighted by Gasteiger charge is 1.94. The molecule has 0 unspecified atom stereocenters. The first kappa shape index (κ1) is 14.5. The smallest absolute Gasteiger partial charge is 0.120 e. The molecule has 0 amide bonds. The Morgan fingerprint density at radius 1 is 1.18 bits per heavy atom. The van der Waals surface area contributed by atoms with Crippen molar-refractivity contribution in [3.05, 3.63) is 28.7 Å². The third-order valence-corrected chi connectivity index (χ3v) is 2.85. The van der Waals surface area contributed by atoms with E-state index in [1.54, 1.807) is 0 Å². The Morgan fingerprint density at radius 3 is 2.82 bits per heavy atom. The van der Waals surface area contributed by atoms with E-state index < -0.39 is 0 Å². The van der Waals surface area contributed by atoms with Crippen LogP contribution in [-0.4, -0.2) is 31.4 Å². The number of hydrogen-bond acceptors (Lipinski definition) is 3. The molecule has 0 saturated heterocycles. The summed E-state index contributed by atoms with van der Waals surface area (Å²) in [7, 11) is 0. The Hall–Kier alpha value is -0.580. The third-order valence-electron chi connectivity index (χ3n) is 2.36. The molecule has 1 aromatic rings. The van der Waals surface area contributed by atoms with Gasteiger partial charge in [-0.05, 0) is 44.0 Å². The van der Waals surface area contributed by atoms with Gasteiger partial charge in [-0.3, -0.25) is 0 Å². The SMILES string of the molecule is OCCCCCNCCOc1cccc(Br)c1. The Bertz CT molecular complexity index is 307. The van der Waals surface area contributed by atoms with E-state index >= 15 is 0 Å². The molecule has 0 aliphatic rings. The minimum atomic E-state index is 0.298. The number of rotatable bonds is 9. The van der Waals surface area contributed by atoms with Gasteiger partial charge in [-0.25, -0.2) is 0 Å². The molecule has 0 atom stereocenters. The molecule has 0 radical (unpaired) electrons. The largest absolute Gasteiger partial charge is 0.492 e. The van der Waals surface area contributed by atoms with Crippen LogP contribution in [0.2, 0.25) is 0 Å². The number of nitrogens with one attached hydrogen (secondary N) is 1. The van der Waals surface area contributed by atoms with Crippen molar-refractivity contribution in [1.29, 1.82) is 0 Å². The van der Waals surface area contributed by atoms with Crippen molar-refractivity contribution < 1.29 is 9.84 Å². The van der Waals surface area contributed by atoms with E-state index in [1.165, 1.54) is 0 Å². The van der Waals surface area contributed by atoms with Crippen molar-refractivity contribution >= 4 is 15.9 Å². The fourth-order valence-corrected chi connectivity index (χ4v) is 1.84. The van der Waals surface area contributed by atoms with Crippen molar-refractivity contribution in [2.45, 2.75) is 19.3 Å². The maximum atomic E-state index is 8.61. The van der Waals surface area contributed by atoms with Crippen LogP contribution in [-0.2, 0) is 0 Å². The summed E-state index contributed by atoms with van der Waals surface area (Å²) in [5.74, 6) is 0.890. The minimum Gasteiger partial charge on any atom is -0.492 e. The Kier molecular flexibility index (Phi) is 8.05. The zero-order valence-electron chi connectivity index (χ0n) is 9.99. The van der Waals surface area contributed by atoms with Crippen LogP contribution in [0.3, 0.4) is 0 Å². The van der Waals surface area contributed by atoms with Gasteiger partial charge in [0.15, 0.2) is 0 Å². The van der Waals surface area contributed by atoms with Gasteiger partial charge in [-0.2, -0.15) is 0 Å². The van der Waals surface area contributed by atoms with Crippen molar-refractivity contribution in [1.82, 2.24) is 5.32 Å². The molecule has 0 aliphatic heterocycles. The molecular weight excluding hydrogens is 282 g/mol. The second-order valence-corrected chi connectivity index (χ2v) is 4.76. The van der Waals surface area contributed by atoms with Crippen LogP contribution in [0.15, 0.2) is 28.7 Å². The number of hydrogen-bond donors (Lipinski definition) is 2. The molecule has 17 heavy (non-hydrogen) atoms. The first-order valence-corrected chi connectivity index (χ1v) is 6.82. The lowest BCUT2D eigenvalue weighted by atomic mass is 10.2. The Labute approximate surface area is 111 Å². The van der Waals surface area contributed by atoms with Gasteiger partial charge in [0.1, 0.15) is 12.4 Å². The highest BCUT2D eigenvalue weighted by Crippen LogP contribution is 2.17. The predicted octanol–water partition coefficient (Wildman–Crippen LogP) is 2.58.